The molecule has 1 aliphatic carbocycles. The molecule has 0 spiro atoms. The van der Waals surface area contributed by atoms with E-state index in [-0.39, 0.29) is 41.8 Å². The van der Waals surface area contributed by atoms with Crippen LogP contribution in [-0.4, -0.2) is 37.5 Å². The molecule has 26 heavy (non-hydrogen) atoms. The molecule has 5 nitrogen and oxygen atoms in total. The summed E-state index contributed by atoms with van der Waals surface area (Å²) in [6.45, 7) is 10.4. The topological polar surface area (TPSA) is 65.5 Å². The normalized spacial score (nSPS) is 14.4. The summed E-state index contributed by atoms with van der Waals surface area (Å²) in [6.07, 6.45) is 3.12. The number of halogens is 1. The zero-order valence-electron chi connectivity index (χ0n) is 16.4. The Balaban J connectivity index is 0.00000338. The predicted molar refractivity (Wildman–Crippen MR) is 119 cm³/mol. The van der Waals surface area contributed by atoms with Crippen molar-refractivity contribution in [2.75, 3.05) is 19.6 Å². The first-order chi connectivity index (χ1) is 11.9. The SMILES string of the molecule is CCNC(=NCC(=O)NC1CC1)NCCc1ccc(C(C)(C)C)cc1.I. The Kier molecular flexibility index (Phi) is 9.39. The summed E-state index contributed by atoms with van der Waals surface area (Å²) in [4.78, 5) is 16.1. The van der Waals surface area contributed by atoms with Crippen LogP contribution in [0.15, 0.2) is 29.3 Å². The van der Waals surface area contributed by atoms with E-state index >= 15 is 0 Å². The third kappa shape index (κ3) is 8.38. The summed E-state index contributed by atoms with van der Waals surface area (Å²) in [5.74, 6) is 0.692. The van der Waals surface area contributed by atoms with Gasteiger partial charge in [0, 0.05) is 19.1 Å². The molecule has 1 fully saturated rings. The van der Waals surface area contributed by atoms with Crippen molar-refractivity contribution in [1.82, 2.24) is 16.0 Å². The summed E-state index contributed by atoms with van der Waals surface area (Å²) >= 11 is 0. The molecule has 0 atom stereocenters. The first-order valence-electron chi connectivity index (χ1n) is 9.29. The van der Waals surface area contributed by atoms with Gasteiger partial charge in [0.1, 0.15) is 6.54 Å². The summed E-state index contributed by atoms with van der Waals surface area (Å²) in [5.41, 5.74) is 2.83. The molecule has 2 rings (SSSR count). The van der Waals surface area contributed by atoms with Crippen molar-refractivity contribution in [2.45, 2.75) is 58.4 Å². The Labute approximate surface area is 174 Å². The molecule has 0 heterocycles. The van der Waals surface area contributed by atoms with Gasteiger partial charge in [-0.25, -0.2) is 4.99 Å². The highest BCUT2D eigenvalue weighted by molar-refractivity contribution is 14.0. The Morgan fingerprint density at radius 3 is 2.35 bits per heavy atom. The zero-order valence-corrected chi connectivity index (χ0v) is 18.7. The van der Waals surface area contributed by atoms with E-state index in [9.17, 15) is 4.79 Å². The molecule has 146 valence electrons. The Bertz CT molecular complexity index is 589. The highest BCUT2D eigenvalue weighted by Gasteiger charge is 2.22. The van der Waals surface area contributed by atoms with Crippen LogP contribution in [0.3, 0.4) is 0 Å². The van der Waals surface area contributed by atoms with E-state index in [2.05, 4.69) is 66.0 Å². The Hall–Kier alpha value is -1.31. The van der Waals surface area contributed by atoms with Crippen molar-refractivity contribution in [1.29, 1.82) is 0 Å². The number of nitrogens with one attached hydrogen (secondary N) is 3. The van der Waals surface area contributed by atoms with E-state index in [1.807, 2.05) is 6.92 Å². The van der Waals surface area contributed by atoms with Gasteiger partial charge < -0.3 is 16.0 Å². The minimum Gasteiger partial charge on any atom is -0.357 e. The zero-order chi connectivity index (χ0) is 18.3. The molecule has 0 bridgehead atoms. The van der Waals surface area contributed by atoms with Gasteiger partial charge in [-0.2, -0.15) is 0 Å². The standard InChI is InChI=1S/C20H32N4O.HI/c1-5-21-19(23-14-18(25)24-17-10-11-17)22-13-12-15-6-8-16(9-7-15)20(2,3)4;/h6-9,17H,5,10-14H2,1-4H3,(H,24,25)(H2,21,22,23);1H. The summed E-state index contributed by atoms with van der Waals surface area (Å²) in [5, 5.41) is 9.43. The quantitative estimate of drug-likeness (QED) is 0.325. The third-order valence-electron chi connectivity index (χ3n) is 4.19. The third-order valence-corrected chi connectivity index (χ3v) is 4.19. The Morgan fingerprint density at radius 2 is 1.81 bits per heavy atom. The molecular weight excluding hydrogens is 439 g/mol. The van der Waals surface area contributed by atoms with Gasteiger partial charge in [0.2, 0.25) is 5.91 Å². The maximum absolute atomic E-state index is 11.7. The van der Waals surface area contributed by atoms with Crippen LogP contribution in [-0.2, 0) is 16.6 Å². The average Bonchev–Trinajstić information content (AvgIpc) is 3.36. The maximum Gasteiger partial charge on any atom is 0.242 e. The molecule has 0 aliphatic heterocycles. The fourth-order valence-corrected chi connectivity index (χ4v) is 2.49. The number of rotatable bonds is 7. The van der Waals surface area contributed by atoms with Crippen molar-refractivity contribution in [3.63, 3.8) is 0 Å². The van der Waals surface area contributed by atoms with Gasteiger partial charge >= 0.3 is 0 Å². The van der Waals surface area contributed by atoms with Crippen LogP contribution in [0.25, 0.3) is 0 Å². The van der Waals surface area contributed by atoms with E-state index in [0.29, 0.717) is 12.0 Å². The lowest BCUT2D eigenvalue weighted by molar-refractivity contribution is -0.119. The average molecular weight is 472 g/mol. The minimum absolute atomic E-state index is 0. The number of carbonyl (C=O) groups is 1. The number of hydrogen-bond acceptors (Lipinski definition) is 2. The second-order valence-electron chi connectivity index (χ2n) is 7.66. The lowest BCUT2D eigenvalue weighted by atomic mass is 9.86. The van der Waals surface area contributed by atoms with Crippen LogP contribution >= 0.6 is 24.0 Å². The highest BCUT2D eigenvalue weighted by Crippen LogP contribution is 2.22. The van der Waals surface area contributed by atoms with Crippen LogP contribution < -0.4 is 16.0 Å². The summed E-state index contributed by atoms with van der Waals surface area (Å²) in [6, 6.07) is 9.17. The van der Waals surface area contributed by atoms with Crippen molar-refractivity contribution in [2.24, 2.45) is 4.99 Å². The molecule has 6 heteroatoms. The van der Waals surface area contributed by atoms with Crippen LogP contribution in [0, 0.1) is 0 Å². The molecule has 1 saturated carbocycles. The molecule has 1 amide bonds. The lowest BCUT2D eigenvalue weighted by Gasteiger charge is -2.19. The van der Waals surface area contributed by atoms with Gasteiger partial charge in [-0.3, -0.25) is 4.79 Å². The van der Waals surface area contributed by atoms with Gasteiger partial charge in [-0.1, -0.05) is 45.0 Å². The monoisotopic (exact) mass is 472 g/mol. The van der Waals surface area contributed by atoms with Crippen LogP contribution in [0.2, 0.25) is 0 Å². The largest absolute Gasteiger partial charge is 0.357 e. The number of amides is 1. The number of guanidine groups is 1. The van der Waals surface area contributed by atoms with Crippen molar-refractivity contribution < 1.29 is 4.79 Å². The molecule has 1 aromatic carbocycles. The predicted octanol–water partition coefficient (Wildman–Crippen LogP) is 2.98. The number of carbonyl (C=O) groups excluding carboxylic acids is 1. The number of hydrogen-bond donors (Lipinski definition) is 3. The fraction of sp³-hybridized carbons (Fsp3) is 0.600. The van der Waals surface area contributed by atoms with Gasteiger partial charge in [0.05, 0.1) is 0 Å². The highest BCUT2D eigenvalue weighted by atomic mass is 127. The number of nitrogens with zero attached hydrogens (tertiary/aromatic N) is 1. The molecular formula is C20H33IN4O. The van der Waals surface area contributed by atoms with Crippen molar-refractivity contribution >= 4 is 35.8 Å². The molecule has 0 saturated heterocycles. The van der Waals surface area contributed by atoms with Crippen molar-refractivity contribution in [3.05, 3.63) is 35.4 Å². The van der Waals surface area contributed by atoms with Crippen LogP contribution in [0.5, 0.6) is 0 Å². The number of benzene rings is 1. The van der Waals surface area contributed by atoms with Gasteiger partial charge in [0.15, 0.2) is 5.96 Å². The minimum atomic E-state index is -0.00234. The summed E-state index contributed by atoms with van der Waals surface area (Å²) in [7, 11) is 0. The molecule has 0 unspecified atom stereocenters. The summed E-state index contributed by atoms with van der Waals surface area (Å²) < 4.78 is 0. The van der Waals surface area contributed by atoms with Crippen molar-refractivity contribution in [3.8, 4) is 0 Å². The molecule has 1 aliphatic rings. The van der Waals surface area contributed by atoms with E-state index in [1.165, 1.54) is 11.1 Å². The van der Waals surface area contributed by atoms with Gasteiger partial charge in [-0.15, -0.1) is 24.0 Å². The van der Waals surface area contributed by atoms with Crippen LogP contribution in [0.1, 0.15) is 51.7 Å². The maximum atomic E-state index is 11.7. The molecule has 0 radical (unpaired) electrons. The molecule has 1 aromatic rings. The van der Waals surface area contributed by atoms with Gasteiger partial charge in [-0.05, 0) is 42.7 Å². The van der Waals surface area contributed by atoms with E-state index in [1.54, 1.807) is 0 Å². The smallest absolute Gasteiger partial charge is 0.242 e. The van der Waals surface area contributed by atoms with E-state index in [4.69, 9.17) is 0 Å². The van der Waals surface area contributed by atoms with Crippen LogP contribution in [0.4, 0.5) is 0 Å². The molecule has 3 N–H and O–H groups in total. The number of aliphatic imine (C=N–C) groups is 1. The second-order valence-corrected chi connectivity index (χ2v) is 7.66. The van der Waals surface area contributed by atoms with E-state index in [0.717, 1.165) is 32.4 Å². The lowest BCUT2D eigenvalue weighted by Crippen LogP contribution is -2.39. The van der Waals surface area contributed by atoms with E-state index < -0.39 is 0 Å². The Morgan fingerprint density at radius 1 is 1.15 bits per heavy atom. The van der Waals surface area contributed by atoms with Gasteiger partial charge in [0.25, 0.3) is 0 Å². The fourth-order valence-electron chi connectivity index (χ4n) is 2.49. The first-order valence-corrected chi connectivity index (χ1v) is 9.29. The molecule has 0 aromatic heterocycles. The first kappa shape index (κ1) is 22.7. The second kappa shape index (κ2) is 10.7.